The lowest BCUT2D eigenvalue weighted by atomic mass is 9.56. The number of rotatable bonds is 8. The Morgan fingerprint density at radius 1 is 0.800 bits per heavy atom. The first-order valence-corrected chi connectivity index (χ1v) is 19.3. The van der Waals surface area contributed by atoms with Crippen LogP contribution in [0.4, 0.5) is 50.4 Å². The van der Waals surface area contributed by atoms with Crippen LogP contribution in [0.15, 0.2) is 101 Å². The number of imide groups is 2. The van der Waals surface area contributed by atoms with Crippen LogP contribution < -0.4 is 14.7 Å². The van der Waals surface area contributed by atoms with Gasteiger partial charge in [-0.2, -0.15) is 10.2 Å². The molecule has 4 aromatic carbocycles. The van der Waals surface area contributed by atoms with Crippen molar-refractivity contribution >= 4 is 75.3 Å². The van der Waals surface area contributed by atoms with Gasteiger partial charge in [-0.25, -0.2) is 26.9 Å². The molecule has 3 fully saturated rings. The van der Waals surface area contributed by atoms with E-state index in [0.717, 1.165) is 10.6 Å². The molecule has 2 aliphatic heterocycles. The van der Waals surface area contributed by atoms with Gasteiger partial charge >= 0.3 is 0 Å². The number of anilines is 3. The van der Waals surface area contributed by atoms with Crippen LogP contribution in [0.2, 0.25) is 0 Å². The highest BCUT2D eigenvalue weighted by Gasteiger charge is 2.77. The van der Waals surface area contributed by atoms with Gasteiger partial charge in [-0.3, -0.25) is 24.1 Å². The van der Waals surface area contributed by atoms with E-state index in [-0.39, 0.29) is 40.1 Å². The fourth-order valence-electron chi connectivity index (χ4n) is 8.93. The van der Waals surface area contributed by atoms with Crippen LogP contribution in [0.1, 0.15) is 29.9 Å². The van der Waals surface area contributed by atoms with Gasteiger partial charge in [0.05, 0.1) is 28.9 Å². The number of hydrogen-bond acceptors (Lipinski definition) is 8. The zero-order valence-corrected chi connectivity index (χ0v) is 33.1. The molecule has 2 saturated heterocycles. The molecule has 0 radical (unpaired) electrons. The Kier molecular flexibility index (Phi) is 9.98. The van der Waals surface area contributed by atoms with Crippen molar-refractivity contribution in [2.45, 2.75) is 34.9 Å². The fraction of sp³-hybridized carbons (Fsp3) is 0.256. The summed E-state index contributed by atoms with van der Waals surface area (Å²) in [6, 6.07) is 17.9. The normalized spacial score (nSPS) is 26.1. The molecule has 4 amide bonds. The molecule has 0 spiro atoms. The summed E-state index contributed by atoms with van der Waals surface area (Å²) >= 11 is 14.4. The van der Waals surface area contributed by atoms with Crippen LogP contribution in [0.3, 0.4) is 0 Å². The number of amides is 4. The van der Waals surface area contributed by atoms with E-state index >= 15 is 8.78 Å². The van der Waals surface area contributed by atoms with Gasteiger partial charge in [-0.15, -0.1) is 29.8 Å². The maximum absolute atomic E-state index is 15.4. The first kappa shape index (κ1) is 40.8. The summed E-state index contributed by atoms with van der Waals surface area (Å²) in [6.45, 7) is 3.68. The number of hydrogen-bond donors (Lipinski definition) is 1. The van der Waals surface area contributed by atoms with E-state index in [4.69, 9.17) is 23.2 Å². The van der Waals surface area contributed by atoms with Crippen molar-refractivity contribution in [3.63, 3.8) is 0 Å². The number of carbonyl (C=O) groups excluding carboxylic acids is 4. The predicted octanol–water partition coefficient (Wildman–Crippen LogP) is 9.07. The molecule has 1 saturated carbocycles. The molecule has 8 rings (SSSR count). The number of alkyl halides is 2. The van der Waals surface area contributed by atoms with E-state index in [9.17, 15) is 37.5 Å². The van der Waals surface area contributed by atoms with Crippen molar-refractivity contribution in [1.29, 1.82) is 0 Å². The van der Waals surface area contributed by atoms with E-state index in [1.165, 1.54) is 36.4 Å². The van der Waals surface area contributed by atoms with Crippen molar-refractivity contribution in [2.75, 3.05) is 28.8 Å². The van der Waals surface area contributed by atoms with Crippen molar-refractivity contribution in [3.8, 4) is 5.75 Å². The number of phenols is 1. The molecule has 6 unspecified atom stereocenters. The monoisotopic (exact) mass is 863 g/mol. The quantitative estimate of drug-likeness (QED) is 0.0359. The Balaban J connectivity index is 1.20. The van der Waals surface area contributed by atoms with Crippen LogP contribution in [0, 0.1) is 46.8 Å². The summed E-state index contributed by atoms with van der Waals surface area (Å²) in [5.74, 6) is -22.4. The average Bonchev–Trinajstić information content (AvgIpc) is 3.57. The van der Waals surface area contributed by atoms with Crippen molar-refractivity contribution in [3.05, 3.63) is 131 Å². The Hall–Kier alpha value is -5.93. The van der Waals surface area contributed by atoms with Crippen LogP contribution in [-0.2, 0) is 25.6 Å². The minimum absolute atomic E-state index is 0.0775. The van der Waals surface area contributed by atoms with E-state index in [1.807, 2.05) is 31.1 Å². The first-order chi connectivity index (χ1) is 28.5. The summed E-state index contributed by atoms with van der Waals surface area (Å²) in [5.41, 5.74) is 0.670. The maximum Gasteiger partial charge on any atom is 0.258 e. The minimum Gasteiger partial charge on any atom is -0.507 e. The van der Waals surface area contributed by atoms with Crippen molar-refractivity contribution in [1.82, 2.24) is 0 Å². The molecule has 4 aliphatic rings. The number of phenolic OH excluding ortho intramolecular Hbond substituents is 1. The van der Waals surface area contributed by atoms with Gasteiger partial charge in [0.15, 0.2) is 33.0 Å². The Labute approximate surface area is 349 Å². The third-order valence-electron chi connectivity index (χ3n) is 11.8. The molecule has 4 aromatic rings. The van der Waals surface area contributed by atoms with Crippen LogP contribution in [0.5, 0.6) is 5.75 Å². The van der Waals surface area contributed by atoms with Gasteiger partial charge in [0, 0.05) is 31.3 Å². The lowest BCUT2D eigenvalue weighted by molar-refractivity contribution is -0.125. The first-order valence-electron chi connectivity index (χ1n) is 18.5. The number of para-hydroxylation sites is 1. The highest BCUT2D eigenvalue weighted by Crippen LogP contribution is 2.67. The summed E-state index contributed by atoms with van der Waals surface area (Å²) in [6.07, 6.45) is 2.37. The molecule has 0 aromatic heterocycles. The largest absolute Gasteiger partial charge is 0.507 e. The maximum atomic E-state index is 15.4. The van der Waals surface area contributed by atoms with E-state index < -0.39 is 104 Å². The third-order valence-corrected chi connectivity index (χ3v) is 13.2. The number of halogens is 7. The third kappa shape index (κ3) is 5.80. The molecule has 2 heterocycles. The molecule has 17 heteroatoms. The van der Waals surface area contributed by atoms with Crippen molar-refractivity contribution in [2.24, 2.45) is 28.0 Å². The molecule has 60 heavy (non-hydrogen) atoms. The number of fused-ring (bicyclic) bond motifs is 4. The van der Waals surface area contributed by atoms with Crippen LogP contribution in [-0.4, -0.2) is 52.6 Å². The lowest BCUT2D eigenvalue weighted by Gasteiger charge is -2.50. The number of aromatic hydroxyl groups is 1. The number of carbonyl (C=O) groups is 4. The standard InChI is InChI=1S/C43H32Cl2F5N5O5/c1-4-6-20-7-5-8-27(37(20)56)30-25-17-18-26-29(39(58)54(38(26)57)24-15-11-22(12-16-24)52-51-21-9-13-23(14-10-21)53(2)3)28(25)19-42(44)40(59)55(41(60)43(30,42)45)36-34(49)32(47)31(46)33(48)35(36)50/h4-5,7-17,26,28-30,56H,1,6,18-19H2,2-3H3. The molecule has 1 N–H and O–H groups in total. The summed E-state index contributed by atoms with van der Waals surface area (Å²) in [7, 11) is 3.81. The van der Waals surface area contributed by atoms with Crippen LogP contribution >= 0.6 is 23.2 Å². The minimum atomic E-state index is -2.78. The second-order valence-electron chi connectivity index (χ2n) is 15.2. The highest BCUT2D eigenvalue weighted by molar-refractivity contribution is 6.58. The smallest absolute Gasteiger partial charge is 0.258 e. The summed E-state index contributed by atoms with van der Waals surface area (Å²) < 4.78 is 74.1. The van der Waals surface area contributed by atoms with Gasteiger partial charge in [0.25, 0.3) is 11.8 Å². The van der Waals surface area contributed by atoms with E-state index in [2.05, 4.69) is 16.8 Å². The summed E-state index contributed by atoms with van der Waals surface area (Å²) in [4.78, 5) is 54.9. The van der Waals surface area contributed by atoms with Crippen LogP contribution in [0.25, 0.3) is 0 Å². The number of benzene rings is 4. The van der Waals surface area contributed by atoms with Gasteiger partial charge in [-0.05, 0) is 79.3 Å². The molecular formula is C43H32Cl2F5N5O5. The molecule has 0 bridgehead atoms. The fourth-order valence-corrected chi connectivity index (χ4v) is 9.86. The zero-order chi connectivity index (χ0) is 43.2. The van der Waals surface area contributed by atoms with E-state index in [1.54, 1.807) is 30.3 Å². The average molecular weight is 865 g/mol. The Bertz CT molecular complexity index is 2580. The molecule has 308 valence electrons. The lowest BCUT2D eigenvalue weighted by Crippen LogP contribution is -2.60. The Morgan fingerprint density at radius 3 is 1.97 bits per heavy atom. The molecule has 6 atom stereocenters. The van der Waals surface area contributed by atoms with Gasteiger partial charge in [-0.1, -0.05) is 35.9 Å². The summed E-state index contributed by atoms with van der Waals surface area (Å²) in [5, 5.41) is 20.1. The second kappa shape index (κ2) is 14.7. The topological polar surface area (TPSA) is 123 Å². The van der Waals surface area contributed by atoms with Gasteiger partial charge in [0.1, 0.15) is 11.4 Å². The number of allylic oxidation sites excluding steroid dienone is 3. The predicted molar refractivity (Wildman–Crippen MR) is 212 cm³/mol. The molecular weight excluding hydrogens is 832 g/mol. The molecule has 2 aliphatic carbocycles. The van der Waals surface area contributed by atoms with Gasteiger partial charge < -0.3 is 10.0 Å². The number of azo groups is 1. The SMILES string of the molecule is C=CCc1cccc(C2C3=CCC4C(=O)N(c5ccc(N=Nc6ccc(N(C)C)cc6)cc5)C(=O)C4C3CC3(Cl)C(=O)N(c4c(F)c(F)c(F)c(F)c4F)C(=O)C23Cl)c1O. The second-order valence-corrected chi connectivity index (χ2v) is 16.4. The zero-order valence-electron chi connectivity index (χ0n) is 31.6. The van der Waals surface area contributed by atoms with Crippen molar-refractivity contribution < 1.29 is 46.2 Å². The highest BCUT2D eigenvalue weighted by atomic mass is 35.5. The Morgan fingerprint density at radius 2 is 1.38 bits per heavy atom. The van der Waals surface area contributed by atoms with E-state index in [0.29, 0.717) is 11.4 Å². The van der Waals surface area contributed by atoms with Gasteiger partial charge in [0.2, 0.25) is 17.6 Å². The molecule has 10 nitrogen and oxygen atoms in total. The number of nitrogens with zero attached hydrogens (tertiary/aromatic N) is 5.